The van der Waals surface area contributed by atoms with E-state index in [-0.39, 0.29) is 0 Å². The van der Waals surface area contributed by atoms with Crippen LogP contribution in [0, 0.1) is 5.82 Å². The SMILES string of the molecule is O=C(O)c1nc(-c2cccnc2)ccc1F. The summed E-state index contributed by atoms with van der Waals surface area (Å²) in [5.74, 6) is -2.23. The largest absolute Gasteiger partial charge is 0.476 e. The Kier molecular flexibility index (Phi) is 2.59. The first-order valence-corrected chi connectivity index (χ1v) is 4.49. The summed E-state index contributed by atoms with van der Waals surface area (Å²) < 4.78 is 13.1. The minimum absolute atomic E-state index is 0.381. The van der Waals surface area contributed by atoms with Gasteiger partial charge in [-0.15, -0.1) is 0 Å². The van der Waals surface area contributed by atoms with Gasteiger partial charge < -0.3 is 5.11 Å². The van der Waals surface area contributed by atoms with E-state index in [1.54, 1.807) is 18.3 Å². The fraction of sp³-hybridized carbons (Fsp3) is 0. The molecule has 2 rings (SSSR count). The molecule has 0 bridgehead atoms. The van der Waals surface area contributed by atoms with Crippen molar-refractivity contribution in [1.82, 2.24) is 9.97 Å². The second-order valence-corrected chi connectivity index (χ2v) is 3.07. The standard InChI is InChI=1S/C11H7FN2O2/c12-8-3-4-9(14-10(8)11(15)16)7-2-1-5-13-6-7/h1-6H,(H,15,16). The first-order valence-electron chi connectivity index (χ1n) is 4.49. The molecule has 2 heterocycles. The van der Waals surface area contributed by atoms with Crippen LogP contribution in [0.3, 0.4) is 0 Å². The summed E-state index contributed by atoms with van der Waals surface area (Å²) in [6.45, 7) is 0. The van der Waals surface area contributed by atoms with E-state index in [1.165, 1.54) is 12.3 Å². The van der Waals surface area contributed by atoms with Crippen LogP contribution < -0.4 is 0 Å². The molecule has 0 aliphatic carbocycles. The third kappa shape index (κ3) is 1.88. The highest BCUT2D eigenvalue weighted by Crippen LogP contribution is 2.17. The number of aromatic nitrogens is 2. The smallest absolute Gasteiger partial charge is 0.357 e. The molecule has 1 N–H and O–H groups in total. The third-order valence-corrected chi connectivity index (χ3v) is 2.01. The summed E-state index contributed by atoms with van der Waals surface area (Å²) in [4.78, 5) is 18.3. The third-order valence-electron chi connectivity index (χ3n) is 2.01. The van der Waals surface area contributed by atoms with Crippen molar-refractivity contribution in [1.29, 1.82) is 0 Å². The van der Waals surface area contributed by atoms with Crippen LogP contribution in [0.1, 0.15) is 10.5 Å². The highest BCUT2D eigenvalue weighted by molar-refractivity contribution is 5.86. The highest BCUT2D eigenvalue weighted by Gasteiger charge is 2.13. The van der Waals surface area contributed by atoms with E-state index in [4.69, 9.17) is 5.11 Å². The molecule has 0 amide bonds. The maximum absolute atomic E-state index is 13.1. The summed E-state index contributed by atoms with van der Waals surface area (Å²) in [6.07, 6.45) is 3.12. The van der Waals surface area contributed by atoms with Crippen molar-refractivity contribution in [2.75, 3.05) is 0 Å². The minimum atomic E-state index is -1.39. The van der Waals surface area contributed by atoms with Crippen molar-refractivity contribution >= 4 is 5.97 Å². The van der Waals surface area contributed by atoms with Gasteiger partial charge in [-0.1, -0.05) is 0 Å². The number of aromatic carboxylic acids is 1. The van der Waals surface area contributed by atoms with Crippen LogP contribution in [0.5, 0.6) is 0 Å². The van der Waals surface area contributed by atoms with Crippen molar-refractivity contribution in [3.05, 3.63) is 48.2 Å². The molecule has 0 fully saturated rings. The van der Waals surface area contributed by atoms with Gasteiger partial charge in [0, 0.05) is 18.0 Å². The zero-order chi connectivity index (χ0) is 11.5. The molecule has 0 saturated carbocycles. The number of carboxylic acid groups (broad SMARTS) is 1. The molecule has 0 spiro atoms. The summed E-state index contributed by atoms with van der Waals surface area (Å²) in [5.41, 5.74) is 0.443. The molecular weight excluding hydrogens is 211 g/mol. The topological polar surface area (TPSA) is 63.1 Å². The van der Waals surface area contributed by atoms with Crippen molar-refractivity contribution in [2.24, 2.45) is 0 Å². The zero-order valence-electron chi connectivity index (χ0n) is 8.09. The number of rotatable bonds is 2. The van der Waals surface area contributed by atoms with Crippen LogP contribution >= 0.6 is 0 Å². The first kappa shape index (κ1) is 10.2. The molecule has 2 aromatic rings. The number of halogens is 1. The van der Waals surface area contributed by atoms with Gasteiger partial charge in [0.05, 0.1) is 5.69 Å². The number of nitrogens with zero attached hydrogens (tertiary/aromatic N) is 2. The van der Waals surface area contributed by atoms with E-state index in [1.807, 2.05) is 0 Å². The zero-order valence-corrected chi connectivity index (χ0v) is 8.09. The molecule has 0 atom stereocenters. The molecule has 0 aliphatic heterocycles. The lowest BCUT2D eigenvalue weighted by Gasteiger charge is -2.02. The normalized spacial score (nSPS) is 10.1. The fourth-order valence-corrected chi connectivity index (χ4v) is 1.27. The van der Waals surface area contributed by atoms with Gasteiger partial charge in [0.15, 0.2) is 11.5 Å². The molecule has 2 aromatic heterocycles. The second kappa shape index (κ2) is 4.06. The molecule has 0 aromatic carbocycles. The number of hydrogen-bond donors (Lipinski definition) is 1. The average molecular weight is 218 g/mol. The van der Waals surface area contributed by atoms with E-state index >= 15 is 0 Å². The Bertz CT molecular complexity index is 529. The Balaban J connectivity index is 2.52. The Morgan fingerprint density at radius 2 is 2.12 bits per heavy atom. The van der Waals surface area contributed by atoms with Crippen LogP contribution in [-0.4, -0.2) is 21.0 Å². The Morgan fingerprint density at radius 3 is 2.75 bits per heavy atom. The quantitative estimate of drug-likeness (QED) is 0.837. The lowest BCUT2D eigenvalue weighted by Crippen LogP contribution is -2.04. The number of carbonyl (C=O) groups is 1. The fourth-order valence-electron chi connectivity index (χ4n) is 1.27. The Hall–Kier alpha value is -2.30. The number of pyridine rings is 2. The van der Waals surface area contributed by atoms with Crippen LogP contribution in [-0.2, 0) is 0 Å². The van der Waals surface area contributed by atoms with Gasteiger partial charge in [0.2, 0.25) is 0 Å². The average Bonchev–Trinajstić information content (AvgIpc) is 2.30. The number of hydrogen-bond acceptors (Lipinski definition) is 3. The number of carboxylic acids is 1. The van der Waals surface area contributed by atoms with Gasteiger partial charge in [-0.25, -0.2) is 14.2 Å². The minimum Gasteiger partial charge on any atom is -0.476 e. The van der Waals surface area contributed by atoms with Crippen LogP contribution in [0.4, 0.5) is 4.39 Å². The monoisotopic (exact) mass is 218 g/mol. The molecule has 16 heavy (non-hydrogen) atoms. The van der Waals surface area contributed by atoms with E-state index in [9.17, 15) is 9.18 Å². The lowest BCUT2D eigenvalue weighted by atomic mass is 10.2. The molecule has 0 radical (unpaired) electrons. The van der Waals surface area contributed by atoms with Crippen LogP contribution in [0.15, 0.2) is 36.7 Å². The summed E-state index contributed by atoms with van der Waals surface area (Å²) in [5, 5.41) is 8.72. The van der Waals surface area contributed by atoms with Crippen molar-refractivity contribution in [3.63, 3.8) is 0 Å². The van der Waals surface area contributed by atoms with Crippen molar-refractivity contribution in [2.45, 2.75) is 0 Å². The predicted octanol–water partition coefficient (Wildman–Crippen LogP) is 1.98. The van der Waals surface area contributed by atoms with Gasteiger partial charge in [-0.2, -0.15) is 0 Å². The van der Waals surface area contributed by atoms with Gasteiger partial charge in [0.25, 0.3) is 0 Å². The maximum atomic E-state index is 13.1. The molecule has 0 unspecified atom stereocenters. The lowest BCUT2D eigenvalue weighted by molar-refractivity contribution is 0.0685. The molecular formula is C11H7FN2O2. The summed E-state index contributed by atoms with van der Waals surface area (Å²) in [6, 6.07) is 5.91. The van der Waals surface area contributed by atoms with E-state index < -0.39 is 17.5 Å². The molecule has 4 nitrogen and oxygen atoms in total. The predicted molar refractivity (Wildman–Crippen MR) is 54.4 cm³/mol. The second-order valence-electron chi connectivity index (χ2n) is 3.07. The van der Waals surface area contributed by atoms with E-state index in [0.717, 1.165) is 6.07 Å². The molecule has 80 valence electrons. The molecule has 0 saturated heterocycles. The first-order chi connectivity index (χ1) is 7.68. The highest BCUT2D eigenvalue weighted by atomic mass is 19.1. The van der Waals surface area contributed by atoms with Gasteiger partial charge in [0.1, 0.15) is 0 Å². The van der Waals surface area contributed by atoms with Gasteiger partial charge in [-0.3, -0.25) is 4.98 Å². The van der Waals surface area contributed by atoms with Crippen LogP contribution in [0.2, 0.25) is 0 Å². The van der Waals surface area contributed by atoms with Crippen molar-refractivity contribution < 1.29 is 14.3 Å². The van der Waals surface area contributed by atoms with Gasteiger partial charge >= 0.3 is 5.97 Å². The van der Waals surface area contributed by atoms with E-state index in [2.05, 4.69) is 9.97 Å². The van der Waals surface area contributed by atoms with Crippen molar-refractivity contribution in [3.8, 4) is 11.3 Å². The Labute approximate surface area is 90.4 Å². The maximum Gasteiger partial charge on any atom is 0.357 e. The molecule has 5 heteroatoms. The van der Waals surface area contributed by atoms with Gasteiger partial charge in [-0.05, 0) is 24.3 Å². The van der Waals surface area contributed by atoms with E-state index in [0.29, 0.717) is 11.3 Å². The summed E-state index contributed by atoms with van der Waals surface area (Å²) >= 11 is 0. The summed E-state index contributed by atoms with van der Waals surface area (Å²) in [7, 11) is 0. The van der Waals surface area contributed by atoms with Crippen LogP contribution in [0.25, 0.3) is 11.3 Å². The Morgan fingerprint density at radius 1 is 1.31 bits per heavy atom. The molecule has 0 aliphatic rings.